The Kier molecular flexibility index (Phi) is 2.88. The van der Waals surface area contributed by atoms with Gasteiger partial charge in [0, 0.05) is 16.5 Å². The zero-order valence-corrected chi connectivity index (χ0v) is 9.69. The number of aromatic nitrogens is 2. The lowest BCUT2D eigenvalue weighted by atomic mass is 10.1. The number of halogens is 1. The van der Waals surface area contributed by atoms with E-state index in [1.165, 1.54) is 0 Å². The van der Waals surface area contributed by atoms with Crippen molar-refractivity contribution in [3.63, 3.8) is 0 Å². The van der Waals surface area contributed by atoms with Gasteiger partial charge in [0.15, 0.2) is 0 Å². The first-order chi connectivity index (χ1) is 7.22. The molecule has 1 aromatic carbocycles. The van der Waals surface area contributed by atoms with E-state index in [1.807, 2.05) is 24.5 Å². The van der Waals surface area contributed by atoms with Crippen molar-refractivity contribution in [3.05, 3.63) is 29.3 Å². The van der Waals surface area contributed by atoms with Crippen LogP contribution in [0.2, 0.25) is 5.02 Å². The summed E-state index contributed by atoms with van der Waals surface area (Å²) in [6.07, 6.45) is 2.01. The Morgan fingerprint density at radius 2 is 2.27 bits per heavy atom. The molecule has 2 aromatic rings. The molecule has 1 aromatic heterocycles. The molecular weight excluding hydrogens is 230 g/mol. The van der Waals surface area contributed by atoms with Crippen LogP contribution in [-0.2, 0) is 0 Å². The number of anilines is 1. The summed E-state index contributed by atoms with van der Waals surface area (Å²) in [6, 6.07) is 7.58. The van der Waals surface area contributed by atoms with Crippen molar-refractivity contribution < 1.29 is 0 Å². The van der Waals surface area contributed by atoms with E-state index in [0.717, 1.165) is 16.2 Å². The van der Waals surface area contributed by atoms with Gasteiger partial charge >= 0.3 is 0 Å². The minimum absolute atomic E-state index is 0.469. The Hall–Kier alpha value is -1.13. The molecule has 0 aliphatic heterocycles. The van der Waals surface area contributed by atoms with Gasteiger partial charge in [0.25, 0.3) is 0 Å². The van der Waals surface area contributed by atoms with Gasteiger partial charge in [-0.05, 0) is 18.4 Å². The van der Waals surface area contributed by atoms with Crippen LogP contribution in [0.3, 0.4) is 0 Å². The SMILES string of the molecule is CSc1cccc(Cl)c1-c1cc(N)n[nH]1. The summed E-state index contributed by atoms with van der Waals surface area (Å²) in [6.45, 7) is 0. The van der Waals surface area contributed by atoms with E-state index >= 15 is 0 Å². The highest BCUT2D eigenvalue weighted by Gasteiger charge is 2.10. The van der Waals surface area contributed by atoms with Gasteiger partial charge < -0.3 is 5.73 Å². The minimum Gasteiger partial charge on any atom is -0.382 e. The Bertz CT molecular complexity index is 481. The number of hydrogen-bond acceptors (Lipinski definition) is 3. The van der Waals surface area contributed by atoms with Crippen LogP contribution in [0.1, 0.15) is 0 Å². The predicted molar refractivity (Wildman–Crippen MR) is 65.2 cm³/mol. The molecule has 0 amide bonds. The lowest BCUT2D eigenvalue weighted by Gasteiger charge is -2.06. The molecule has 0 saturated heterocycles. The number of thioether (sulfide) groups is 1. The van der Waals surface area contributed by atoms with Crippen LogP contribution in [0.5, 0.6) is 0 Å². The summed E-state index contributed by atoms with van der Waals surface area (Å²) in [5, 5.41) is 7.46. The zero-order chi connectivity index (χ0) is 10.8. The molecule has 0 spiro atoms. The maximum atomic E-state index is 6.15. The highest BCUT2D eigenvalue weighted by atomic mass is 35.5. The van der Waals surface area contributed by atoms with Crippen LogP contribution >= 0.6 is 23.4 Å². The number of benzene rings is 1. The molecule has 3 N–H and O–H groups in total. The van der Waals surface area contributed by atoms with Crippen LogP contribution in [-0.4, -0.2) is 16.5 Å². The van der Waals surface area contributed by atoms with Gasteiger partial charge in [-0.3, -0.25) is 5.10 Å². The van der Waals surface area contributed by atoms with Crippen molar-refractivity contribution in [2.24, 2.45) is 0 Å². The molecule has 78 valence electrons. The molecule has 0 aliphatic carbocycles. The first kappa shape index (κ1) is 10.4. The van der Waals surface area contributed by atoms with Gasteiger partial charge in [-0.1, -0.05) is 17.7 Å². The second kappa shape index (κ2) is 4.16. The lowest BCUT2D eigenvalue weighted by molar-refractivity contribution is 1.10. The van der Waals surface area contributed by atoms with Gasteiger partial charge in [0.1, 0.15) is 5.82 Å². The number of aromatic amines is 1. The van der Waals surface area contributed by atoms with E-state index in [-0.39, 0.29) is 0 Å². The Morgan fingerprint density at radius 1 is 1.47 bits per heavy atom. The molecule has 5 heteroatoms. The third kappa shape index (κ3) is 1.96. The van der Waals surface area contributed by atoms with Crippen molar-refractivity contribution >= 4 is 29.2 Å². The number of H-pyrrole nitrogens is 1. The molecule has 15 heavy (non-hydrogen) atoms. The molecule has 0 bridgehead atoms. The fourth-order valence-electron chi connectivity index (χ4n) is 1.40. The molecule has 0 aliphatic rings. The number of nitrogen functional groups attached to an aromatic ring is 1. The largest absolute Gasteiger partial charge is 0.382 e. The number of rotatable bonds is 2. The second-order valence-corrected chi connectivity index (χ2v) is 4.28. The number of nitrogens with zero attached hydrogens (tertiary/aromatic N) is 1. The molecule has 0 fully saturated rings. The van der Waals surface area contributed by atoms with Crippen molar-refractivity contribution in [1.82, 2.24) is 10.2 Å². The average molecular weight is 240 g/mol. The highest BCUT2D eigenvalue weighted by molar-refractivity contribution is 7.98. The summed E-state index contributed by atoms with van der Waals surface area (Å²) < 4.78 is 0. The van der Waals surface area contributed by atoms with Crippen LogP contribution < -0.4 is 5.73 Å². The maximum absolute atomic E-state index is 6.15. The van der Waals surface area contributed by atoms with E-state index in [9.17, 15) is 0 Å². The molecule has 0 radical (unpaired) electrons. The van der Waals surface area contributed by atoms with Crippen LogP contribution in [0.4, 0.5) is 5.82 Å². The quantitative estimate of drug-likeness (QED) is 0.792. The van der Waals surface area contributed by atoms with Crippen molar-refractivity contribution in [3.8, 4) is 11.3 Å². The number of hydrogen-bond donors (Lipinski definition) is 2. The van der Waals surface area contributed by atoms with E-state index in [4.69, 9.17) is 17.3 Å². The fraction of sp³-hybridized carbons (Fsp3) is 0.100. The molecule has 2 rings (SSSR count). The van der Waals surface area contributed by atoms with E-state index in [1.54, 1.807) is 17.8 Å². The summed E-state index contributed by atoms with van der Waals surface area (Å²) in [5.74, 6) is 0.469. The number of nitrogens with one attached hydrogen (secondary N) is 1. The summed E-state index contributed by atoms with van der Waals surface area (Å²) >= 11 is 7.79. The van der Waals surface area contributed by atoms with Crippen LogP contribution in [0.25, 0.3) is 11.3 Å². The molecule has 3 nitrogen and oxygen atoms in total. The Morgan fingerprint density at radius 3 is 2.87 bits per heavy atom. The first-order valence-corrected chi connectivity index (χ1v) is 5.96. The van der Waals surface area contributed by atoms with Crippen LogP contribution in [0, 0.1) is 0 Å². The summed E-state index contributed by atoms with van der Waals surface area (Å²) in [4.78, 5) is 1.10. The second-order valence-electron chi connectivity index (χ2n) is 3.02. The van der Waals surface area contributed by atoms with Gasteiger partial charge in [-0.25, -0.2) is 0 Å². The molecule has 1 heterocycles. The first-order valence-electron chi connectivity index (χ1n) is 4.36. The monoisotopic (exact) mass is 239 g/mol. The fourth-order valence-corrected chi connectivity index (χ4v) is 2.37. The molecule has 0 unspecified atom stereocenters. The van der Waals surface area contributed by atoms with Gasteiger partial charge in [0.05, 0.1) is 10.7 Å². The Balaban J connectivity index is 2.60. The van der Waals surface area contributed by atoms with Crippen molar-refractivity contribution in [2.45, 2.75) is 4.90 Å². The van der Waals surface area contributed by atoms with Gasteiger partial charge in [-0.15, -0.1) is 11.8 Å². The van der Waals surface area contributed by atoms with E-state index < -0.39 is 0 Å². The predicted octanol–water partition coefficient (Wildman–Crippen LogP) is 3.03. The van der Waals surface area contributed by atoms with Gasteiger partial charge in [0.2, 0.25) is 0 Å². The summed E-state index contributed by atoms with van der Waals surface area (Å²) in [7, 11) is 0. The average Bonchev–Trinajstić information content (AvgIpc) is 2.64. The minimum atomic E-state index is 0.469. The molecular formula is C10H10ClN3S. The smallest absolute Gasteiger partial charge is 0.145 e. The van der Waals surface area contributed by atoms with Crippen molar-refractivity contribution in [2.75, 3.05) is 12.0 Å². The normalized spacial score (nSPS) is 10.5. The zero-order valence-electron chi connectivity index (χ0n) is 8.12. The third-order valence-corrected chi connectivity index (χ3v) is 3.16. The summed E-state index contributed by atoms with van der Waals surface area (Å²) in [5.41, 5.74) is 7.37. The van der Waals surface area contributed by atoms with E-state index in [2.05, 4.69) is 10.2 Å². The maximum Gasteiger partial charge on any atom is 0.145 e. The molecule has 0 saturated carbocycles. The molecule has 0 atom stereocenters. The van der Waals surface area contributed by atoms with Gasteiger partial charge in [-0.2, -0.15) is 5.10 Å². The van der Waals surface area contributed by atoms with Crippen LogP contribution in [0.15, 0.2) is 29.2 Å². The number of nitrogens with two attached hydrogens (primary N) is 1. The standard InChI is InChI=1S/C10H10ClN3S/c1-15-8-4-2-3-6(11)10(8)7-5-9(12)14-13-7/h2-5H,1H3,(H3,12,13,14). The third-order valence-electron chi connectivity index (χ3n) is 2.06. The van der Waals surface area contributed by atoms with E-state index in [0.29, 0.717) is 10.8 Å². The Labute approximate surface area is 97.0 Å². The lowest BCUT2D eigenvalue weighted by Crippen LogP contribution is -1.83. The topological polar surface area (TPSA) is 54.7 Å². The van der Waals surface area contributed by atoms with Crippen molar-refractivity contribution in [1.29, 1.82) is 0 Å². The highest BCUT2D eigenvalue weighted by Crippen LogP contribution is 2.35.